The van der Waals surface area contributed by atoms with Crippen LogP contribution >= 0.6 is 11.6 Å². The number of aliphatic carboxylic acids is 1. The first kappa shape index (κ1) is 28.5. The molecule has 0 fully saturated rings. The SMILES string of the molecule is CC(c1ccc(F)cc1CS(=O)(=O)CCC(=O)O)N(c1cc(F)ccc1F)S(=O)(=O)c1ccc(Cl)cc1. The van der Waals surface area contributed by atoms with Crippen LogP contribution in [0.5, 0.6) is 0 Å². The Labute approximate surface area is 217 Å². The van der Waals surface area contributed by atoms with Crippen molar-refractivity contribution in [3.05, 3.63) is 94.3 Å². The van der Waals surface area contributed by atoms with Crippen LogP contribution in [0.3, 0.4) is 0 Å². The third-order valence-electron chi connectivity index (χ3n) is 5.43. The molecule has 3 aromatic carbocycles. The molecular formula is C24H21ClF3NO6S2. The summed E-state index contributed by atoms with van der Waals surface area (Å²) in [6.07, 6.45) is -0.686. The van der Waals surface area contributed by atoms with E-state index < -0.39 is 72.9 Å². The van der Waals surface area contributed by atoms with Gasteiger partial charge in [0, 0.05) is 11.1 Å². The molecule has 7 nitrogen and oxygen atoms in total. The fraction of sp³-hybridized carbons (Fsp3) is 0.208. The lowest BCUT2D eigenvalue weighted by Gasteiger charge is -2.32. The highest BCUT2D eigenvalue weighted by atomic mass is 35.5. The molecule has 1 atom stereocenters. The molecule has 3 aromatic rings. The fourth-order valence-corrected chi connectivity index (χ4v) is 6.82. The zero-order valence-electron chi connectivity index (χ0n) is 19.2. The number of hydrogen-bond acceptors (Lipinski definition) is 5. The minimum atomic E-state index is -4.60. The topological polar surface area (TPSA) is 109 Å². The van der Waals surface area contributed by atoms with E-state index in [0.717, 1.165) is 42.5 Å². The van der Waals surface area contributed by atoms with Gasteiger partial charge in [-0.15, -0.1) is 0 Å². The molecule has 0 aliphatic rings. The molecule has 0 amide bonds. The third-order valence-corrected chi connectivity index (χ3v) is 9.15. The summed E-state index contributed by atoms with van der Waals surface area (Å²) >= 11 is 5.86. The summed E-state index contributed by atoms with van der Waals surface area (Å²) in [5.74, 6) is -5.74. The van der Waals surface area contributed by atoms with Gasteiger partial charge in [-0.2, -0.15) is 0 Å². The number of rotatable bonds is 10. The van der Waals surface area contributed by atoms with Crippen molar-refractivity contribution < 1.29 is 39.9 Å². The van der Waals surface area contributed by atoms with Crippen LogP contribution in [0.2, 0.25) is 5.02 Å². The van der Waals surface area contributed by atoms with Crippen molar-refractivity contribution >= 4 is 43.1 Å². The second-order valence-electron chi connectivity index (χ2n) is 8.11. The Hall–Kier alpha value is -3.09. The third kappa shape index (κ3) is 6.82. The maximum absolute atomic E-state index is 14.9. The normalized spacial score (nSPS) is 12.8. The summed E-state index contributed by atoms with van der Waals surface area (Å²) in [6, 6.07) is 8.74. The maximum atomic E-state index is 14.9. The number of nitrogens with zero attached hydrogens (tertiary/aromatic N) is 1. The smallest absolute Gasteiger partial charge is 0.304 e. The maximum Gasteiger partial charge on any atom is 0.304 e. The molecule has 0 radical (unpaired) electrons. The van der Waals surface area contributed by atoms with E-state index in [4.69, 9.17) is 16.7 Å². The zero-order chi connectivity index (χ0) is 27.5. The Morgan fingerprint density at radius 3 is 2.16 bits per heavy atom. The van der Waals surface area contributed by atoms with E-state index in [1.54, 1.807) is 0 Å². The van der Waals surface area contributed by atoms with Gasteiger partial charge >= 0.3 is 5.97 Å². The Balaban J connectivity index is 2.19. The van der Waals surface area contributed by atoms with Crippen molar-refractivity contribution in [2.75, 3.05) is 10.1 Å². The minimum Gasteiger partial charge on any atom is -0.481 e. The van der Waals surface area contributed by atoms with Gasteiger partial charge in [-0.25, -0.2) is 30.0 Å². The van der Waals surface area contributed by atoms with Crippen LogP contribution in [-0.2, 0) is 30.4 Å². The highest BCUT2D eigenvalue weighted by Crippen LogP contribution is 2.37. The number of anilines is 1. The molecule has 0 saturated carbocycles. The lowest BCUT2D eigenvalue weighted by atomic mass is 10.0. The Morgan fingerprint density at radius 1 is 0.946 bits per heavy atom. The molecule has 0 heterocycles. The summed E-state index contributed by atoms with van der Waals surface area (Å²) in [4.78, 5) is 10.5. The number of carboxylic acids is 1. The quantitative estimate of drug-likeness (QED) is 0.360. The van der Waals surface area contributed by atoms with Gasteiger partial charge in [0.1, 0.15) is 17.5 Å². The van der Waals surface area contributed by atoms with Gasteiger partial charge in [0.2, 0.25) is 0 Å². The van der Waals surface area contributed by atoms with Crippen LogP contribution in [-0.4, -0.2) is 33.7 Å². The molecule has 37 heavy (non-hydrogen) atoms. The predicted octanol–water partition coefficient (Wildman–Crippen LogP) is 5.10. The molecule has 0 aliphatic carbocycles. The van der Waals surface area contributed by atoms with Crippen LogP contribution in [0, 0.1) is 17.5 Å². The molecule has 13 heteroatoms. The Bertz CT molecular complexity index is 1530. The number of sulfonamides is 1. The van der Waals surface area contributed by atoms with Gasteiger partial charge in [0.05, 0.1) is 34.6 Å². The summed E-state index contributed by atoms with van der Waals surface area (Å²) in [6.45, 7) is 1.30. The van der Waals surface area contributed by atoms with Crippen molar-refractivity contribution in [1.29, 1.82) is 0 Å². The average Bonchev–Trinajstić information content (AvgIpc) is 2.80. The van der Waals surface area contributed by atoms with Gasteiger partial charge in [-0.05, 0) is 66.6 Å². The van der Waals surface area contributed by atoms with Gasteiger partial charge in [0.25, 0.3) is 10.0 Å². The van der Waals surface area contributed by atoms with Crippen molar-refractivity contribution in [2.24, 2.45) is 0 Å². The van der Waals surface area contributed by atoms with Crippen LogP contribution in [0.25, 0.3) is 0 Å². The monoisotopic (exact) mass is 575 g/mol. The summed E-state index contributed by atoms with van der Waals surface area (Å²) in [5.41, 5.74) is -0.834. The molecule has 1 unspecified atom stereocenters. The van der Waals surface area contributed by atoms with Gasteiger partial charge in [0.15, 0.2) is 9.84 Å². The van der Waals surface area contributed by atoms with E-state index in [9.17, 15) is 34.8 Å². The van der Waals surface area contributed by atoms with E-state index in [2.05, 4.69) is 0 Å². The number of sulfone groups is 1. The second kappa shape index (κ2) is 11.1. The van der Waals surface area contributed by atoms with Crippen LogP contribution in [0.1, 0.15) is 30.5 Å². The van der Waals surface area contributed by atoms with Crippen molar-refractivity contribution in [3.63, 3.8) is 0 Å². The number of halogens is 4. The highest BCUT2D eigenvalue weighted by Gasteiger charge is 2.34. The summed E-state index contributed by atoms with van der Waals surface area (Å²) < 4.78 is 96.2. The van der Waals surface area contributed by atoms with Crippen molar-refractivity contribution in [2.45, 2.75) is 30.0 Å². The van der Waals surface area contributed by atoms with E-state index in [1.807, 2.05) is 0 Å². The number of carboxylic acid groups (broad SMARTS) is 1. The summed E-state index contributed by atoms with van der Waals surface area (Å²) in [7, 11) is -8.67. The average molecular weight is 576 g/mol. The molecule has 0 aromatic heterocycles. The number of benzene rings is 3. The Kier molecular flexibility index (Phi) is 8.56. The molecule has 198 valence electrons. The van der Waals surface area contributed by atoms with E-state index in [0.29, 0.717) is 10.4 Å². The lowest BCUT2D eigenvalue weighted by molar-refractivity contribution is -0.136. The second-order valence-corrected chi connectivity index (χ2v) is 12.5. The molecule has 0 saturated heterocycles. The first-order valence-electron chi connectivity index (χ1n) is 10.7. The molecular weight excluding hydrogens is 555 g/mol. The Morgan fingerprint density at radius 2 is 1.54 bits per heavy atom. The zero-order valence-corrected chi connectivity index (χ0v) is 21.6. The predicted molar refractivity (Wildman–Crippen MR) is 132 cm³/mol. The summed E-state index contributed by atoms with van der Waals surface area (Å²) in [5, 5.41) is 9.04. The van der Waals surface area contributed by atoms with Crippen molar-refractivity contribution in [1.82, 2.24) is 0 Å². The van der Waals surface area contributed by atoms with Gasteiger partial charge in [-0.1, -0.05) is 17.7 Å². The first-order valence-corrected chi connectivity index (χ1v) is 14.3. The molecule has 0 aliphatic heterocycles. The van der Waals surface area contributed by atoms with Crippen LogP contribution in [0.15, 0.2) is 65.6 Å². The van der Waals surface area contributed by atoms with Crippen LogP contribution < -0.4 is 4.31 Å². The minimum absolute atomic E-state index is 0.0125. The highest BCUT2D eigenvalue weighted by molar-refractivity contribution is 7.92. The number of hydrogen-bond donors (Lipinski definition) is 1. The molecule has 0 spiro atoms. The molecule has 0 bridgehead atoms. The van der Waals surface area contributed by atoms with Gasteiger partial charge < -0.3 is 5.11 Å². The lowest BCUT2D eigenvalue weighted by Crippen LogP contribution is -2.35. The van der Waals surface area contributed by atoms with Crippen LogP contribution in [0.4, 0.5) is 18.9 Å². The largest absolute Gasteiger partial charge is 0.481 e. The standard InChI is InChI=1S/C24H21ClF3NO6S2/c1-15(21-8-4-18(26)12-16(21)14-36(32,33)11-10-24(30)31)29(23-13-19(27)5-9-22(23)28)37(34,35)20-6-2-17(25)3-7-20/h2-9,12-13,15H,10-11,14H2,1H3,(H,30,31). The van der Waals surface area contributed by atoms with Gasteiger partial charge in [-0.3, -0.25) is 9.10 Å². The van der Waals surface area contributed by atoms with E-state index in [-0.39, 0.29) is 21.0 Å². The number of carbonyl (C=O) groups is 1. The first-order chi connectivity index (χ1) is 17.2. The molecule has 3 rings (SSSR count). The molecule has 1 N–H and O–H groups in total. The van der Waals surface area contributed by atoms with E-state index >= 15 is 0 Å². The fourth-order valence-electron chi connectivity index (χ4n) is 3.71. The van der Waals surface area contributed by atoms with Crippen molar-refractivity contribution in [3.8, 4) is 0 Å². The van der Waals surface area contributed by atoms with E-state index in [1.165, 1.54) is 19.1 Å².